The number of carbonyl (C=O) groups excluding carboxylic acids is 3. The first-order valence-electron chi connectivity index (χ1n) is 10.4. The van der Waals surface area contributed by atoms with Gasteiger partial charge in [0, 0.05) is 0 Å². The summed E-state index contributed by atoms with van der Waals surface area (Å²) in [6.07, 6.45) is 1.22. The summed E-state index contributed by atoms with van der Waals surface area (Å²) >= 11 is 0. The highest BCUT2D eigenvalue weighted by molar-refractivity contribution is 6.09. The molecule has 2 aliphatic rings. The highest BCUT2D eigenvalue weighted by Crippen LogP contribution is 2.41. The van der Waals surface area contributed by atoms with Gasteiger partial charge in [-0.3, -0.25) is 14.5 Å². The van der Waals surface area contributed by atoms with Crippen LogP contribution in [0.3, 0.4) is 0 Å². The Morgan fingerprint density at radius 2 is 1.81 bits per heavy atom. The fraction of sp³-hybridized carbons (Fsp3) is 0.348. The average molecular weight is 423 g/mol. The molecule has 2 aromatic rings. The molecular weight excluding hydrogens is 398 g/mol. The molecular formula is C23H25N3O5. The summed E-state index contributed by atoms with van der Waals surface area (Å²) in [5.74, 6) is 0.637. The summed E-state index contributed by atoms with van der Waals surface area (Å²) in [5.41, 5.74) is 0.818. The standard InChI is InChI=1S/C23H25N3O5/c1-2-30-17-7-9-18(10-8-17)31-14-13-24-20(27)15-26-21(28)23(25-22(26)29)12-11-16-5-3-4-6-19(16)23/h3-10H,2,11-15H2,1H3,(H,24,27)(H,25,29)/t23-/m1/s1. The van der Waals surface area contributed by atoms with E-state index in [0.29, 0.717) is 25.2 Å². The van der Waals surface area contributed by atoms with Crippen LogP contribution in [-0.4, -0.2) is 49.0 Å². The summed E-state index contributed by atoms with van der Waals surface area (Å²) in [7, 11) is 0. The lowest BCUT2D eigenvalue weighted by molar-refractivity contribution is -0.135. The minimum Gasteiger partial charge on any atom is -0.494 e. The molecule has 1 aliphatic carbocycles. The predicted molar refractivity (Wildman–Crippen MR) is 113 cm³/mol. The van der Waals surface area contributed by atoms with Gasteiger partial charge < -0.3 is 20.1 Å². The number of nitrogens with zero attached hydrogens (tertiary/aromatic N) is 1. The minimum atomic E-state index is -1.05. The van der Waals surface area contributed by atoms with E-state index in [9.17, 15) is 14.4 Å². The molecule has 0 radical (unpaired) electrons. The third-order valence-corrected chi connectivity index (χ3v) is 5.55. The Balaban J connectivity index is 1.27. The number of rotatable bonds is 8. The Labute approximate surface area is 180 Å². The first kappa shape index (κ1) is 20.7. The zero-order valence-corrected chi connectivity index (χ0v) is 17.3. The van der Waals surface area contributed by atoms with E-state index in [1.165, 1.54) is 0 Å². The fourth-order valence-electron chi connectivity index (χ4n) is 4.09. The third kappa shape index (κ3) is 4.05. The van der Waals surface area contributed by atoms with Gasteiger partial charge in [0.1, 0.15) is 30.2 Å². The van der Waals surface area contributed by atoms with Crippen LogP contribution in [0.15, 0.2) is 48.5 Å². The second-order valence-electron chi connectivity index (χ2n) is 7.49. The number of aryl methyl sites for hydroxylation is 1. The molecule has 2 N–H and O–H groups in total. The first-order chi connectivity index (χ1) is 15.0. The molecule has 4 rings (SSSR count). The van der Waals surface area contributed by atoms with E-state index >= 15 is 0 Å². The van der Waals surface area contributed by atoms with E-state index in [1.54, 1.807) is 12.1 Å². The number of hydrogen-bond acceptors (Lipinski definition) is 5. The van der Waals surface area contributed by atoms with Gasteiger partial charge >= 0.3 is 6.03 Å². The summed E-state index contributed by atoms with van der Waals surface area (Å²) in [4.78, 5) is 38.8. The molecule has 1 fully saturated rings. The summed E-state index contributed by atoms with van der Waals surface area (Å²) in [5, 5.41) is 5.50. The van der Waals surface area contributed by atoms with Crippen LogP contribution >= 0.6 is 0 Å². The fourth-order valence-corrected chi connectivity index (χ4v) is 4.09. The van der Waals surface area contributed by atoms with Crippen LogP contribution in [0.5, 0.6) is 11.5 Å². The quantitative estimate of drug-likeness (QED) is 0.500. The molecule has 31 heavy (non-hydrogen) atoms. The average Bonchev–Trinajstić information content (AvgIpc) is 3.26. The highest BCUT2D eigenvalue weighted by Gasteiger charge is 2.55. The molecule has 1 atom stereocenters. The van der Waals surface area contributed by atoms with Crippen LogP contribution in [-0.2, 0) is 21.5 Å². The van der Waals surface area contributed by atoms with Crippen molar-refractivity contribution in [2.24, 2.45) is 0 Å². The molecule has 1 aliphatic heterocycles. The van der Waals surface area contributed by atoms with Gasteiger partial charge in [-0.2, -0.15) is 0 Å². The van der Waals surface area contributed by atoms with E-state index in [4.69, 9.17) is 9.47 Å². The van der Waals surface area contributed by atoms with Crippen LogP contribution in [0.2, 0.25) is 0 Å². The number of benzene rings is 2. The molecule has 2 aromatic carbocycles. The molecule has 0 saturated carbocycles. The maximum Gasteiger partial charge on any atom is 0.325 e. The number of urea groups is 1. The van der Waals surface area contributed by atoms with Crippen molar-refractivity contribution in [3.63, 3.8) is 0 Å². The third-order valence-electron chi connectivity index (χ3n) is 5.55. The van der Waals surface area contributed by atoms with Crippen molar-refractivity contribution in [2.75, 3.05) is 26.3 Å². The lowest BCUT2D eigenvalue weighted by atomic mass is 9.92. The van der Waals surface area contributed by atoms with Crippen molar-refractivity contribution in [3.05, 3.63) is 59.7 Å². The van der Waals surface area contributed by atoms with E-state index in [0.717, 1.165) is 21.8 Å². The minimum absolute atomic E-state index is 0.254. The van der Waals surface area contributed by atoms with Crippen molar-refractivity contribution in [1.29, 1.82) is 0 Å². The first-order valence-corrected chi connectivity index (χ1v) is 10.4. The largest absolute Gasteiger partial charge is 0.494 e. The smallest absolute Gasteiger partial charge is 0.325 e. The highest BCUT2D eigenvalue weighted by atomic mass is 16.5. The van der Waals surface area contributed by atoms with Crippen LogP contribution in [0, 0.1) is 0 Å². The Bertz CT molecular complexity index is 991. The van der Waals surface area contributed by atoms with Crippen LogP contribution < -0.4 is 20.1 Å². The second-order valence-corrected chi connectivity index (χ2v) is 7.49. The van der Waals surface area contributed by atoms with Crippen molar-refractivity contribution < 1.29 is 23.9 Å². The number of ether oxygens (including phenoxy) is 2. The normalized spacial score (nSPS) is 19.3. The molecule has 162 valence electrons. The topological polar surface area (TPSA) is 97.0 Å². The van der Waals surface area contributed by atoms with Crippen molar-refractivity contribution in [2.45, 2.75) is 25.3 Å². The van der Waals surface area contributed by atoms with Gasteiger partial charge in [0.05, 0.1) is 13.2 Å². The Kier molecular flexibility index (Phi) is 5.79. The van der Waals surface area contributed by atoms with E-state index in [-0.39, 0.29) is 25.6 Å². The van der Waals surface area contributed by atoms with E-state index in [2.05, 4.69) is 10.6 Å². The molecule has 4 amide bonds. The van der Waals surface area contributed by atoms with Crippen LogP contribution in [0.4, 0.5) is 4.79 Å². The SMILES string of the molecule is CCOc1ccc(OCCNC(=O)CN2C(=O)N[C@@]3(CCc4ccccc43)C2=O)cc1. The van der Waals surface area contributed by atoms with Crippen molar-refractivity contribution in [3.8, 4) is 11.5 Å². The van der Waals surface area contributed by atoms with Gasteiger partial charge in [-0.25, -0.2) is 4.79 Å². The second kappa shape index (κ2) is 8.67. The number of imide groups is 1. The Morgan fingerprint density at radius 1 is 1.10 bits per heavy atom. The van der Waals surface area contributed by atoms with E-state index in [1.807, 2.05) is 43.3 Å². The number of fused-ring (bicyclic) bond motifs is 2. The molecule has 0 unspecified atom stereocenters. The van der Waals surface area contributed by atoms with E-state index < -0.39 is 17.5 Å². The molecule has 1 spiro atoms. The van der Waals surface area contributed by atoms with Gasteiger partial charge in [-0.1, -0.05) is 24.3 Å². The summed E-state index contributed by atoms with van der Waals surface area (Å²) in [6.45, 7) is 2.70. The zero-order chi connectivity index (χ0) is 21.8. The van der Waals surface area contributed by atoms with Gasteiger partial charge in [0.25, 0.3) is 5.91 Å². The van der Waals surface area contributed by atoms with Crippen LogP contribution in [0.1, 0.15) is 24.5 Å². The van der Waals surface area contributed by atoms with Crippen LogP contribution in [0.25, 0.3) is 0 Å². The molecule has 1 heterocycles. The monoisotopic (exact) mass is 423 g/mol. The Morgan fingerprint density at radius 3 is 2.55 bits per heavy atom. The Hall–Kier alpha value is -3.55. The number of hydrogen-bond donors (Lipinski definition) is 2. The maximum absolute atomic E-state index is 13.1. The lowest BCUT2D eigenvalue weighted by Gasteiger charge is -2.22. The van der Waals surface area contributed by atoms with Gasteiger partial charge in [0.2, 0.25) is 5.91 Å². The number of amides is 4. The zero-order valence-electron chi connectivity index (χ0n) is 17.3. The molecule has 8 nitrogen and oxygen atoms in total. The number of nitrogens with one attached hydrogen (secondary N) is 2. The molecule has 0 aromatic heterocycles. The summed E-state index contributed by atoms with van der Waals surface area (Å²) < 4.78 is 11.0. The van der Waals surface area contributed by atoms with Gasteiger partial charge in [0.15, 0.2) is 0 Å². The maximum atomic E-state index is 13.1. The van der Waals surface area contributed by atoms with Gasteiger partial charge in [-0.15, -0.1) is 0 Å². The molecule has 1 saturated heterocycles. The molecule has 8 heteroatoms. The van der Waals surface area contributed by atoms with Crippen molar-refractivity contribution in [1.82, 2.24) is 15.5 Å². The van der Waals surface area contributed by atoms with Gasteiger partial charge in [-0.05, 0) is 55.2 Å². The summed E-state index contributed by atoms with van der Waals surface area (Å²) in [6, 6.07) is 14.3. The lowest BCUT2D eigenvalue weighted by Crippen LogP contribution is -2.44. The van der Waals surface area contributed by atoms with Crippen molar-refractivity contribution >= 4 is 17.8 Å². The number of carbonyl (C=O) groups is 3. The predicted octanol–water partition coefficient (Wildman–Crippen LogP) is 1.97. The molecule has 0 bridgehead atoms.